The normalized spacial score (nSPS) is 21.0. The molecule has 2 aliphatic rings. The Balaban J connectivity index is 1.59. The summed E-state index contributed by atoms with van der Waals surface area (Å²) in [5.74, 6) is 0.311. The molecule has 2 amide bonds. The Kier molecular flexibility index (Phi) is 4.71. The number of piperidine rings is 2. The average molecular weight is 319 g/mol. The molecule has 0 atom stereocenters. The third-order valence-electron chi connectivity index (χ3n) is 5.25. The lowest BCUT2D eigenvalue weighted by molar-refractivity contribution is -0.139. The molecule has 2 fully saturated rings. The smallest absolute Gasteiger partial charge is 0.270 e. The molecule has 2 aliphatic heterocycles. The topological polar surface area (TPSA) is 65.6 Å². The molecule has 6 heteroatoms. The van der Waals surface area contributed by atoms with Gasteiger partial charge in [0.15, 0.2) is 0 Å². The highest BCUT2D eigenvalue weighted by Crippen LogP contribution is 2.40. The maximum absolute atomic E-state index is 12.4. The van der Waals surface area contributed by atoms with Crippen LogP contribution in [0.25, 0.3) is 0 Å². The number of rotatable bonds is 4. The van der Waals surface area contributed by atoms with Crippen molar-refractivity contribution in [1.82, 2.24) is 14.8 Å². The van der Waals surface area contributed by atoms with E-state index in [1.807, 2.05) is 21.9 Å². The Hall–Kier alpha value is -1.82. The summed E-state index contributed by atoms with van der Waals surface area (Å²) in [6, 6.07) is 3.66. The van der Waals surface area contributed by atoms with Crippen LogP contribution >= 0.6 is 0 Å². The fraction of sp³-hybridized carbons (Fsp3) is 0.647. The lowest BCUT2D eigenvalue weighted by Crippen LogP contribution is -2.52. The lowest BCUT2D eigenvalue weighted by Gasteiger charge is -2.47. The number of methoxy groups -OCH3 is 1. The van der Waals surface area contributed by atoms with E-state index in [1.54, 1.807) is 13.3 Å². The predicted molar refractivity (Wildman–Crippen MR) is 86.1 cm³/mol. The van der Waals surface area contributed by atoms with Gasteiger partial charge in [-0.15, -0.1) is 0 Å². The number of aromatic nitrogens is 1. The molecule has 0 bridgehead atoms. The number of hydrogen-bond donors (Lipinski definition) is 1. The van der Waals surface area contributed by atoms with Gasteiger partial charge in [0, 0.05) is 45.9 Å². The van der Waals surface area contributed by atoms with E-state index in [9.17, 15) is 9.59 Å². The summed E-state index contributed by atoms with van der Waals surface area (Å²) in [5, 5.41) is 0. The quantitative estimate of drug-likeness (QED) is 0.915. The molecule has 0 saturated carbocycles. The lowest BCUT2D eigenvalue weighted by atomic mass is 9.72. The number of hydrogen-bond acceptors (Lipinski definition) is 3. The van der Waals surface area contributed by atoms with Gasteiger partial charge in [-0.2, -0.15) is 0 Å². The fourth-order valence-corrected chi connectivity index (χ4v) is 3.73. The van der Waals surface area contributed by atoms with Crippen LogP contribution in [-0.4, -0.2) is 66.5 Å². The van der Waals surface area contributed by atoms with Crippen molar-refractivity contribution in [1.29, 1.82) is 0 Å². The number of aromatic amines is 1. The molecule has 126 valence electrons. The van der Waals surface area contributed by atoms with E-state index < -0.39 is 0 Å². The second-order valence-electron chi connectivity index (χ2n) is 6.68. The summed E-state index contributed by atoms with van der Waals surface area (Å²) < 4.78 is 5.11. The van der Waals surface area contributed by atoms with E-state index in [0.29, 0.717) is 25.3 Å². The SMILES string of the molecule is COCCN1CC2(CCC1=O)CCN(C(=O)c1ccc[nH]1)CC2. The molecule has 0 aromatic carbocycles. The van der Waals surface area contributed by atoms with E-state index in [1.165, 1.54) is 0 Å². The molecule has 1 spiro atoms. The molecular weight excluding hydrogens is 294 g/mol. The molecule has 3 heterocycles. The monoisotopic (exact) mass is 319 g/mol. The number of carbonyl (C=O) groups is 2. The Labute approximate surface area is 136 Å². The van der Waals surface area contributed by atoms with E-state index in [-0.39, 0.29) is 17.2 Å². The zero-order valence-corrected chi connectivity index (χ0v) is 13.7. The highest BCUT2D eigenvalue weighted by atomic mass is 16.5. The number of carbonyl (C=O) groups excluding carboxylic acids is 2. The van der Waals surface area contributed by atoms with Crippen molar-refractivity contribution in [2.45, 2.75) is 25.7 Å². The number of ether oxygens (including phenoxy) is 1. The number of amides is 2. The maximum Gasteiger partial charge on any atom is 0.270 e. The summed E-state index contributed by atoms with van der Waals surface area (Å²) in [6.45, 7) is 3.59. The van der Waals surface area contributed by atoms with Crippen molar-refractivity contribution < 1.29 is 14.3 Å². The summed E-state index contributed by atoms with van der Waals surface area (Å²) in [4.78, 5) is 31.3. The summed E-state index contributed by atoms with van der Waals surface area (Å²) in [7, 11) is 1.66. The van der Waals surface area contributed by atoms with Gasteiger partial charge < -0.3 is 19.5 Å². The van der Waals surface area contributed by atoms with Gasteiger partial charge in [0.1, 0.15) is 5.69 Å². The highest BCUT2D eigenvalue weighted by molar-refractivity contribution is 5.92. The first-order chi connectivity index (χ1) is 11.1. The van der Waals surface area contributed by atoms with Crippen LogP contribution in [0.5, 0.6) is 0 Å². The summed E-state index contributed by atoms with van der Waals surface area (Å²) in [5.41, 5.74) is 0.829. The van der Waals surface area contributed by atoms with Crippen LogP contribution in [0.4, 0.5) is 0 Å². The van der Waals surface area contributed by atoms with Gasteiger partial charge in [-0.3, -0.25) is 9.59 Å². The average Bonchev–Trinajstić information content (AvgIpc) is 3.11. The van der Waals surface area contributed by atoms with Gasteiger partial charge in [-0.05, 0) is 36.8 Å². The van der Waals surface area contributed by atoms with E-state index >= 15 is 0 Å². The molecule has 23 heavy (non-hydrogen) atoms. The molecule has 0 aliphatic carbocycles. The third kappa shape index (κ3) is 3.42. The van der Waals surface area contributed by atoms with Crippen molar-refractivity contribution in [2.75, 3.05) is 39.9 Å². The van der Waals surface area contributed by atoms with Crippen LogP contribution in [-0.2, 0) is 9.53 Å². The molecule has 2 saturated heterocycles. The third-order valence-corrected chi connectivity index (χ3v) is 5.25. The van der Waals surface area contributed by atoms with Gasteiger partial charge in [-0.25, -0.2) is 0 Å². The molecule has 1 aromatic heterocycles. The Morgan fingerprint density at radius 1 is 1.35 bits per heavy atom. The summed E-state index contributed by atoms with van der Waals surface area (Å²) >= 11 is 0. The number of nitrogens with one attached hydrogen (secondary N) is 1. The van der Waals surface area contributed by atoms with Gasteiger partial charge >= 0.3 is 0 Å². The maximum atomic E-state index is 12.4. The number of H-pyrrole nitrogens is 1. The highest BCUT2D eigenvalue weighted by Gasteiger charge is 2.41. The molecule has 3 rings (SSSR count). The largest absolute Gasteiger partial charge is 0.383 e. The first-order valence-corrected chi connectivity index (χ1v) is 8.33. The van der Waals surface area contributed by atoms with Crippen molar-refractivity contribution in [3.63, 3.8) is 0 Å². The second kappa shape index (κ2) is 6.74. The van der Waals surface area contributed by atoms with E-state index in [4.69, 9.17) is 4.74 Å². The Morgan fingerprint density at radius 2 is 2.13 bits per heavy atom. The zero-order chi connectivity index (χ0) is 16.3. The van der Waals surface area contributed by atoms with Gasteiger partial charge in [0.2, 0.25) is 5.91 Å². The van der Waals surface area contributed by atoms with Gasteiger partial charge in [0.05, 0.1) is 6.61 Å². The van der Waals surface area contributed by atoms with Crippen molar-refractivity contribution in [2.24, 2.45) is 5.41 Å². The first-order valence-electron chi connectivity index (χ1n) is 8.33. The Bertz CT molecular complexity index is 547. The fourth-order valence-electron chi connectivity index (χ4n) is 3.73. The van der Waals surface area contributed by atoms with Crippen molar-refractivity contribution in [3.05, 3.63) is 24.0 Å². The van der Waals surface area contributed by atoms with Crippen LogP contribution in [0.1, 0.15) is 36.2 Å². The molecule has 1 aromatic rings. The zero-order valence-electron chi connectivity index (χ0n) is 13.7. The van der Waals surface area contributed by atoms with Crippen molar-refractivity contribution in [3.8, 4) is 0 Å². The standard InChI is InChI=1S/C17H25N3O3/c1-23-12-11-20-13-17(5-4-15(20)21)6-9-19(10-7-17)16(22)14-3-2-8-18-14/h2-3,8,18H,4-7,9-13H2,1H3. The van der Waals surface area contributed by atoms with Gasteiger partial charge in [-0.1, -0.05) is 0 Å². The van der Waals surface area contributed by atoms with Crippen LogP contribution in [0.2, 0.25) is 0 Å². The van der Waals surface area contributed by atoms with E-state index in [2.05, 4.69) is 4.98 Å². The van der Waals surface area contributed by atoms with E-state index in [0.717, 1.165) is 38.9 Å². The number of likely N-dealkylation sites (tertiary alicyclic amines) is 2. The molecule has 0 unspecified atom stereocenters. The minimum absolute atomic E-state index is 0.0768. The van der Waals surface area contributed by atoms with Crippen LogP contribution in [0.15, 0.2) is 18.3 Å². The molecular formula is C17H25N3O3. The first kappa shape index (κ1) is 16.1. The van der Waals surface area contributed by atoms with Crippen LogP contribution < -0.4 is 0 Å². The molecule has 6 nitrogen and oxygen atoms in total. The minimum atomic E-state index is 0.0768. The van der Waals surface area contributed by atoms with Crippen LogP contribution in [0, 0.1) is 5.41 Å². The molecule has 1 N–H and O–H groups in total. The molecule has 0 radical (unpaired) electrons. The summed E-state index contributed by atoms with van der Waals surface area (Å²) in [6.07, 6.45) is 5.28. The van der Waals surface area contributed by atoms with Crippen LogP contribution in [0.3, 0.4) is 0 Å². The Morgan fingerprint density at radius 3 is 2.78 bits per heavy atom. The van der Waals surface area contributed by atoms with Gasteiger partial charge in [0.25, 0.3) is 5.91 Å². The second-order valence-corrected chi connectivity index (χ2v) is 6.68. The number of nitrogens with zero attached hydrogens (tertiary/aromatic N) is 2. The predicted octanol–water partition coefficient (Wildman–Crippen LogP) is 1.51. The van der Waals surface area contributed by atoms with Crippen molar-refractivity contribution >= 4 is 11.8 Å². The minimum Gasteiger partial charge on any atom is -0.383 e.